The van der Waals surface area contributed by atoms with Crippen molar-refractivity contribution in [1.29, 1.82) is 0 Å². The van der Waals surface area contributed by atoms with Crippen molar-refractivity contribution < 1.29 is 9.59 Å². The van der Waals surface area contributed by atoms with Crippen LogP contribution in [0.25, 0.3) is 0 Å². The Morgan fingerprint density at radius 3 is 2.52 bits per heavy atom. The van der Waals surface area contributed by atoms with Gasteiger partial charge in [-0.15, -0.1) is 0 Å². The third-order valence-electron chi connectivity index (χ3n) is 6.07. The van der Waals surface area contributed by atoms with Crippen molar-refractivity contribution in [3.63, 3.8) is 0 Å². The lowest BCUT2D eigenvalue weighted by Gasteiger charge is -2.34. The standard InChI is InChI=1S/C25H24Cl2N2O2/c26-18-9-4-8-17(12-18)22-15-28-23(30)14-21(16-6-2-1-3-7-16)24(22)25(31)29-20-11-5-10-19(27)13-20/h1-6,8-13,16,21-22,24H,7,14-15H2,(H,28,30)(H,29,31)/t16?,21-,22+,24?/m1/s1. The Hall–Kier alpha value is -2.56. The second-order valence-corrected chi connectivity index (χ2v) is 8.94. The third-order valence-corrected chi connectivity index (χ3v) is 6.54. The summed E-state index contributed by atoms with van der Waals surface area (Å²) in [7, 11) is 0. The van der Waals surface area contributed by atoms with Crippen molar-refractivity contribution in [2.75, 3.05) is 11.9 Å². The molecule has 2 aliphatic rings. The van der Waals surface area contributed by atoms with Crippen molar-refractivity contribution in [3.05, 3.63) is 88.4 Å². The van der Waals surface area contributed by atoms with E-state index in [-0.39, 0.29) is 29.6 Å². The molecule has 6 heteroatoms. The quantitative estimate of drug-likeness (QED) is 0.631. The fourth-order valence-electron chi connectivity index (χ4n) is 4.63. The molecule has 4 atom stereocenters. The molecule has 2 unspecified atom stereocenters. The smallest absolute Gasteiger partial charge is 0.228 e. The number of anilines is 1. The van der Waals surface area contributed by atoms with Gasteiger partial charge in [-0.1, -0.05) is 65.7 Å². The molecule has 2 aromatic carbocycles. The number of rotatable bonds is 4. The molecular formula is C25H24Cl2N2O2. The molecule has 2 N–H and O–H groups in total. The number of carbonyl (C=O) groups is 2. The summed E-state index contributed by atoms with van der Waals surface area (Å²) in [6, 6.07) is 14.7. The van der Waals surface area contributed by atoms with Gasteiger partial charge in [-0.25, -0.2) is 0 Å². The van der Waals surface area contributed by atoms with Crippen LogP contribution in [0, 0.1) is 17.8 Å². The SMILES string of the molecule is O=C1C[C@H](C2C=CC=CC2)C(C(=O)Nc2cccc(Cl)c2)[C@H](c2cccc(Cl)c2)CN1. The maximum absolute atomic E-state index is 13.7. The van der Waals surface area contributed by atoms with Crippen molar-refractivity contribution in [3.8, 4) is 0 Å². The summed E-state index contributed by atoms with van der Waals surface area (Å²) in [5.41, 5.74) is 1.59. The van der Waals surface area contributed by atoms with Crippen molar-refractivity contribution in [1.82, 2.24) is 5.32 Å². The molecule has 0 saturated carbocycles. The first kappa shape index (κ1) is 21.7. The van der Waals surface area contributed by atoms with Gasteiger partial charge in [-0.2, -0.15) is 0 Å². The van der Waals surface area contributed by atoms with Gasteiger partial charge in [0.05, 0.1) is 5.92 Å². The van der Waals surface area contributed by atoms with E-state index in [9.17, 15) is 9.59 Å². The molecule has 4 rings (SSSR count). The van der Waals surface area contributed by atoms with E-state index in [1.165, 1.54) is 0 Å². The van der Waals surface area contributed by atoms with Gasteiger partial charge >= 0.3 is 0 Å². The topological polar surface area (TPSA) is 58.2 Å². The van der Waals surface area contributed by atoms with E-state index >= 15 is 0 Å². The summed E-state index contributed by atoms with van der Waals surface area (Å²) in [6.45, 7) is 0.385. The average Bonchev–Trinajstić information content (AvgIpc) is 2.93. The lowest BCUT2D eigenvalue weighted by atomic mass is 9.70. The lowest BCUT2D eigenvalue weighted by Crippen LogP contribution is -2.38. The number of allylic oxidation sites excluding steroid dienone is 4. The molecule has 0 spiro atoms. The molecule has 1 fully saturated rings. The number of benzene rings is 2. The normalized spacial score (nSPS) is 25.5. The maximum Gasteiger partial charge on any atom is 0.228 e. The molecule has 1 aliphatic heterocycles. The Kier molecular flexibility index (Phi) is 6.79. The molecule has 0 bridgehead atoms. The van der Waals surface area contributed by atoms with Gasteiger partial charge in [0.2, 0.25) is 11.8 Å². The van der Waals surface area contributed by atoms with E-state index in [0.717, 1.165) is 12.0 Å². The van der Waals surface area contributed by atoms with Crippen LogP contribution in [-0.2, 0) is 9.59 Å². The van der Waals surface area contributed by atoms with Crippen LogP contribution in [0.1, 0.15) is 24.3 Å². The summed E-state index contributed by atoms with van der Waals surface area (Å²) in [5, 5.41) is 7.22. The third kappa shape index (κ3) is 5.20. The molecule has 2 aromatic rings. The Labute approximate surface area is 192 Å². The van der Waals surface area contributed by atoms with E-state index in [1.54, 1.807) is 18.2 Å². The second-order valence-electron chi connectivity index (χ2n) is 8.07. The highest BCUT2D eigenvalue weighted by molar-refractivity contribution is 6.31. The van der Waals surface area contributed by atoms with E-state index < -0.39 is 5.92 Å². The summed E-state index contributed by atoms with van der Waals surface area (Å²) in [5.74, 6) is -0.807. The molecule has 31 heavy (non-hydrogen) atoms. The van der Waals surface area contributed by atoms with Gasteiger partial charge in [-0.05, 0) is 54.2 Å². The summed E-state index contributed by atoms with van der Waals surface area (Å²) < 4.78 is 0. The maximum atomic E-state index is 13.7. The zero-order valence-corrected chi connectivity index (χ0v) is 18.4. The summed E-state index contributed by atoms with van der Waals surface area (Å²) in [6.07, 6.45) is 9.30. The largest absolute Gasteiger partial charge is 0.355 e. The van der Waals surface area contributed by atoms with Crippen LogP contribution in [-0.4, -0.2) is 18.4 Å². The van der Waals surface area contributed by atoms with Crippen LogP contribution in [0.4, 0.5) is 5.69 Å². The van der Waals surface area contributed by atoms with Crippen molar-refractivity contribution >= 4 is 40.7 Å². The number of hydrogen-bond acceptors (Lipinski definition) is 2. The van der Waals surface area contributed by atoms with Crippen LogP contribution in [0.5, 0.6) is 0 Å². The van der Waals surface area contributed by atoms with E-state index in [4.69, 9.17) is 23.2 Å². The molecule has 1 heterocycles. The first-order valence-electron chi connectivity index (χ1n) is 10.4. The van der Waals surface area contributed by atoms with Gasteiger partial charge in [0.25, 0.3) is 0 Å². The van der Waals surface area contributed by atoms with Crippen molar-refractivity contribution in [2.45, 2.75) is 18.8 Å². The number of nitrogens with one attached hydrogen (secondary N) is 2. The number of carbonyl (C=O) groups excluding carboxylic acids is 2. The predicted octanol–water partition coefficient (Wildman–Crippen LogP) is 5.60. The Balaban J connectivity index is 1.74. The van der Waals surface area contributed by atoms with Crippen LogP contribution in [0.2, 0.25) is 10.0 Å². The highest BCUT2D eigenvalue weighted by Gasteiger charge is 2.42. The molecule has 1 aliphatic carbocycles. The fourth-order valence-corrected chi connectivity index (χ4v) is 5.02. The summed E-state index contributed by atoms with van der Waals surface area (Å²) >= 11 is 12.4. The van der Waals surface area contributed by atoms with Crippen molar-refractivity contribution in [2.24, 2.45) is 17.8 Å². The predicted molar refractivity (Wildman–Crippen MR) is 125 cm³/mol. The number of amides is 2. The first-order chi connectivity index (χ1) is 15.0. The van der Waals surface area contributed by atoms with E-state index in [2.05, 4.69) is 22.8 Å². The van der Waals surface area contributed by atoms with Gasteiger partial charge in [0.1, 0.15) is 0 Å². The van der Waals surface area contributed by atoms with Gasteiger partial charge in [-0.3, -0.25) is 9.59 Å². The fraction of sp³-hybridized carbons (Fsp3) is 0.280. The Morgan fingerprint density at radius 1 is 1.03 bits per heavy atom. The van der Waals surface area contributed by atoms with Crippen LogP contribution in [0.15, 0.2) is 72.8 Å². The van der Waals surface area contributed by atoms with Gasteiger partial charge in [0.15, 0.2) is 0 Å². The number of hydrogen-bond donors (Lipinski definition) is 2. The highest BCUT2D eigenvalue weighted by Crippen LogP contribution is 2.41. The number of halogens is 2. The van der Waals surface area contributed by atoms with E-state index in [0.29, 0.717) is 28.7 Å². The van der Waals surface area contributed by atoms with Crippen LogP contribution >= 0.6 is 23.2 Å². The van der Waals surface area contributed by atoms with Crippen LogP contribution in [0.3, 0.4) is 0 Å². The van der Waals surface area contributed by atoms with Gasteiger partial charge < -0.3 is 10.6 Å². The zero-order chi connectivity index (χ0) is 21.8. The van der Waals surface area contributed by atoms with Crippen LogP contribution < -0.4 is 10.6 Å². The molecular weight excluding hydrogens is 431 g/mol. The first-order valence-corrected chi connectivity index (χ1v) is 11.2. The minimum Gasteiger partial charge on any atom is -0.355 e. The molecule has 0 aromatic heterocycles. The minimum absolute atomic E-state index is 0.0296. The lowest BCUT2D eigenvalue weighted by molar-refractivity contribution is -0.124. The molecule has 1 saturated heterocycles. The second kappa shape index (κ2) is 9.71. The molecule has 0 radical (unpaired) electrons. The highest BCUT2D eigenvalue weighted by atomic mass is 35.5. The van der Waals surface area contributed by atoms with Gasteiger partial charge in [0, 0.05) is 34.6 Å². The van der Waals surface area contributed by atoms with E-state index in [1.807, 2.05) is 42.5 Å². The average molecular weight is 455 g/mol. The Morgan fingerprint density at radius 2 is 1.81 bits per heavy atom. The zero-order valence-electron chi connectivity index (χ0n) is 16.9. The molecule has 160 valence electrons. The molecule has 4 nitrogen and oxygen atoms in total. The molecule has 2 amide bonds. The summed E-state index contributed by atoms with van der Waals surface area (Å²) in [4.78, 5) is 26.3. The monoisotopic (exact) mass is 454 g/mol. The Bertz CT molecular complexity index is 1030. The minimum atomic E-state index is -0.419.